The van der Waals surface area contributed by atoms with E-state index in [2.05, 4.69) is 91.1 Å². The van der Waals surface area contributed by atoms with E-state index in [0.717, 1.165) is 48.6 Å². The smallest absolute Gasteiger partial charge is 0.239 e. The second kappa shape index (κ2) is 28.5. The van der Waals surface area contributed by atoms with E-state index in [0.29, 0.717) is 99.8 Å². The molecule has 2 saturated heterocycles. The Morgan fingerprint density at radius 2 is 1.19 bits per heavy atom. The van der Waals surface area contributed by atoms with Gasteiger partial charge in [0.25, 0.3) is 0 Å². The molecule has 3 aromatic heterocycles. The van der Waals surface area contributed by atoms with Gasteiger partial charge < -0.3 is 41.0 Å². The van der Waals surface area contributed by atoms with Gasteiger partial charge >= 0.3 is 0 Å². The van der Waals surface area contributed by atoms with Gasteiger partial charge in [0.05, 0.1) is 46.3 Å². The number of benzene rings is 4. The minimum Gasteiger partial charge on any atom is -0.457 e. The Kier molecular flexibility index (Phi) is 21.4. The second-order valence-electron chi connectivity index (χ2n) is 22.1. The number of rotatable bonds is 16. The highest BCUT2D eigenvalue weighted by Crippen LogP contribution is 2.32. The summed E-state index contributed by atoms with van der Waals surface area (Å²) in [6.45, 7) is 21.3. The van der Waals surface area contributed by atoms with Gasteiger partial charge in [0.2, 0.25) is 17.8 Å². The molecule has 0 radical (unpaired) electrons. The Bertz CT molecular complexity index is 3310. The summed E-state index contributed by atoms with van der Waals surface area (Å²) in [5.41, 5.74) is 11.8. The summed E-state index contributed by atoms with van der Waals surface area (Å²) in [7, 11) is 3.74. The number of nitrogens with zero attached hydrogens (tertiary/aromatic N) is 7. The maximum atomic E-state index is 14.1. The van der Waals surface area contributed by atoms with Gasteiger partial charge in [-0.05, 0) is 144 Å². The van der Waals surface area contributed by atoms with Crippen LogP contribution >= 0.6 is 12.2 Å². The number of nitrogen functional groups attached to an aromatic ring is 1. The van der Waals surface area contributed by atoms with Gasteiger partial charge in [-0.3, -0.25) is 19.4 Å². The van der Waals surface area contributed by atoms with Crippen molar-refractivity contribution in [3.63, 3.8) is 0 Å². The van der Waals surface area contributed by atoms with E-state index in [1.807, 2.05) is 82.8 Å². The summed E-state index contributed by atoms with van der Waals surface area (Å²) in [6.07, 6.45) is 5.65. The predicted octanol–water partition coefficient (Wildman–Crippen LogP) is 13.8. The number of hydrogen-bond acceptors (Lipinski definition) is 14. The molecule has 5 heterocycles. The fourth-order valence-corrected chi connectivity index (χ4v) is 10.6. The van der Waals surface area contributed by atoms with Gasteiger partial charge in [-0.15, -0.1) is 0 Å². The topological polar surface area (TPSA) is 189 Å². The number of hydrogen-bond donors (Lipinski definition) is 5. The summed E-state index contributed by atoms with van der Waals surface area (Å²) < 4.78 is 41.2. The van der Waals surface area contributed by atoms with E-state index in [-0.39, 0.29) is 35.3 Å². The number of imidazole rings is 1. The highest BCUT2D eigenvalue weighted by molar-refractivity contribution is 7.78. The third-order valence-electron chi connectivity index (χ3n) is 13.9. The van der Waals surface area contributed by atoms with Crippen LogP contribution in [0.3, 0.4) is 0 Å². The third-order valence-corrected chi connectivity index (χ3v) is 14.0. The lowest BCUT2D eigenvalue weighted by Crippen LogP contribution is -2.42. The van der Waals surface area contributed by atoms with E-state index < -0.39 is 0 Å². The van der Waals surface area contributed by atoms with Crippen LogP contribution in [-0.4, -0.2) is 92.6 Å². The van der Waals surface area contributed by atoms with Gasteiger partial charge in [0.15, 0.2) is 0 Å². The molecule has 0 spiro atoms. The van der Waals surface area contributed by atoms with E-state index in [9.17, 15) is 18.4 Å². The fraction of sp³-hybridized carbons (Fsp3) is 0.387. The molecule has 81 heavy (non-hydrogen) atoms. The van der Waals surface area contributed by atoms with E-state index in [4.69, 9.17) is 20.2 Å². The highest BCUT2D eigenvalue weighted by Gasteiger charge is 2.25. The molecule has 7 aromatic rings. The molecule has 4 atom stereocenters. The van der Waals surface area contributed by atoms with Gasteiger partial charge in [0, 0.05) is 82.6 Å². The van der Waals surface area contributed by atoms with Crippen LogP contribution in [-0.2, 0) is 16.6 Å². The first-order valence-corrected chi connectivity index (χ1v) is 27.9. The van der Waals surface area contributed by atoms with Gasteiger partial charge in [-0.2, -0.15) is 4.99 Å². The number of ether oxygens (including phenoxy) is 2. The zero-order chi connectivity index (χ0) is 58.3. The molecule has 428 valence electrons. The number of carbonyl (C=O) groups excluding carboxylic acids is 2. The van der Waals surface area contributed by atoms with Crippen LogP contribution < -0.4 is 36.5 Å². The van der Waals surface area contributed by atoms with E-state index >= 15 is 0 Å². The maximum absolute atomic E-state index is 14.1. The van der Waals surface area contributed by atoms with Crippen LogP contribution in [0.5, 0.6) is 23.0 Å². The Labute approximate surface area is 480 Å². The first-order valence-electron chi connectivity index (χ1n) is 27.5. The molecule has 19 heteroatoms. The normalized spacial score (nSPS) is 17.2. The number of halogens is 2. The highest BCUT2D eigenvalue weighted by atomic mass is 32.1. The van der Waals surface area contributed by atoms with Crippen molar-refractivity contribution >= 4 is 80.6 Å². The summed E-state index contributed by atoms with van der Waals surface area (Å²) in [5.74, 6) is 6.04. The number of aryl methyl sites for hydroxylation is 1. The van der Waals surface area contributed by atoms with Crippen molar-refractivity contribution in [2.45, 2.75) is 80.1 Å². The number of carbonyl (C=O) groups is 2. The molecule has 2 aliphatic rings. The summed E-state index contributed by atoms with van der Waals surface area (Å²) in [4.78, 5) is 46.6. The Morgan fingerprint density at radius 1 is 0.691 bits per heavy atom. The van der Waals surface area contributed by atoms with E-state index in [1.54, 1.807) is 60.9 Å². The van der Waals surface area contributed by atoms with Crippen LogP contribution in [0.25, 0.3) is 11.0 Å². The molecule has 2 aliphatic heterocycles. The molecule has 0 aliphatic carbocycles. The summed E-state index contributed by atoms with van der Waals surface area (Å²) in [5, 5.41) is 14.3. The molecule has 2 fully saturated rings. The largest absolute Gasteiger partial charge is 0.457 e. The lowest BCUT2D eigenvalue weighted by Gasteiger charge is -2.34. The molecule has 9 rings (SSSR count). The molecule has 2 amide bonds. The number of anilines is 6. The Morgan fingerprint density at radius 3 is 1.69 bits per heavy atom. The van der Waals surface area contributed by atoms with Crippen molar-refractivity contribution in [2.75, 3.05) is 73.3 Å². The molecule has 0 saturated carbocycles. The molecule has 0 bridgehead atoms. The Balaban J connectivity index is 0.000000199. The molecule has 4 aromatic carbocycles. The number of nitrogens with one attached hydrogen (secondary N) is 4. The average Bonchev–Trinajstić information content (AvgIpc) is 3.99. The third kappa shape index (κ3) is 17.8. The van der Waals surface area contributed by atoms with Crippen molar-refractivity contribution in [2.24, 2.45) is 35.7 Å². The number of aromatic nitrogens is 4. The van der Waals surface area contributed by atoms with Crippen molar-refractivity contribution in [1.82, 2.24) is 29.3 Å². The quantitative estimate of drug-likeness (QED) is 0.0350. The van der Waals surface area contributed by atoms with Crippen molar-refractivity contribution in [3.05, 3.63) is 132 Å². The fourth-order valence-electron chi connectivity index (χ4n) is 10.4. The standard InChI is InChI=1S/C31H37FN6O2.C21H29N5O2.C10H10FNS/c1-19(2)25-13-22(6-8-26(25)32)34-31-35-27-14-23(7-9-28(27)37(31)5)40-24-10-11-33-29(15-24)36-30(39)18-38-16-20(3)12-21(4)17-38;1-14-8-15(2)12-26(11-14)13-21(27)25-20-10-17(6-7-24-20)28-16-4-5-19(23-3)18(22)9-16;1-7(2)9-5-8(12-6-13)3-4-10(9)11/h6-11,13-15,19-21H,12,16-18H2,1-5H3,(H,34,35)(H,33,36,39);4-7,9-10,14-15,23H,8,11-13,22H2,1-3H3,(H,24,25,27);3-5,7H,1-2H3. The number of nitrogens with two attached hydrogens (primary N) is 1. The number of piperidine rings is 2. The molecule has 16 nitrogen and oxygen atoms in total. The second-order valence-corrected chi connectivity index (χ2v) is 22.2. The number of likely N-dealkylation sites (tertiary alicyclic amines) is 2. The molecular formula is C62H76F2N12O4S. The lowest BCUT2D eigenvalue weighted by molar-refractivity contribution is -0.118. The number of aliphatic imine (C=N–C) groups is 1. The number of thiocarbonyl (C=S) groups is 1. The first-order chi connectivity index (χ1) is 38.7. The Hall–Kier alpha value is -7.83. The number of isothiocyanates is 1. The zero-order valence-electron chi connectivity index (χ0n) is 48.0. The maximum Gasteiger partial charge on any atom is 0.239 e. The summed E-state index contributed by atoms with van der Waals surface area (Å²) >= 11 is 4.47. The number of pyridine rings is 2. The minimum atomic E-state index is -0.211. The van der Waals surface area contributed by atoms with Gasteiger partial charge in [-0.25, -0.2) is 23.7 Å². The van der Waals surface area contributed by atoms with Crippen LogP contribution in [0.15, 0.2) is 114 Å². The van der Waals surface area contributed by atoms with Crippen LogP contribution in [0.4, 0.5) is 49.1 Å². The molecular weight excluding hydrogens is 1050 g/mol. The molecule has 6 N–H and O–H groups in total. The minimum absolute atomic E-state index is 0.0615. The van der Waals surface area contributed by atoms with Crippen molar-refractivity contribution in [3.8, 4) is 23.0 Å². The zero-order valence-corrected chi connectivity index (χ0v) is 48.8. The predicted molar refractivity (Wildman–Crippen MR) is 325 cm³/mol. The summed E-state index contributed by atoms with van der Waals surface area (Å²) in [6, 6.07) is 27.7. The number of fused-ring (bicyclic) bond motifs is 1. The van der Waals surface area contributed by atoms with Crippen LogP contribution in [0, 0.1) is 35.3 Å². The van der Waals surface area contributed by atoms with Crippen LogP contribution in [0.2, 0.25) is 0 Å². The van der Waals surface area contributed by atoms with Crippen molar-refractivity contribution in [1.29, 1.82) is 0 Å². The SMILES string of the molecule is CC(C)c1cc(N=C=S)ccc1F.CC1CC(C)CN(CC(=O)Nc2cc(Oc3ccc4c(c3)nc(Nc3ccc(F)c(C(C)C)c3)n4C)ccn2)C1.CNc1ccc(Oc2ccnc(NC(=O)CN3CC(C)CC(C)C3)c2)cc1N. The van der Waals surface area contributed by atoms with Gasteiger partial charge in [0.1, 0.15) is 46.3 Å². The molecule has 4 unspecified atom stereocenters. The number of amides is 2. The van der Waals surface area contributed by atoms with Gasteiger partial charge in [-0.1, -0.05) is 55.4 Å². The first kappa shape index (κ1) is 60.8. The van der Waals surface area contributed by atoms with Crippen molar-refractivity contribution < 1.29 is 27.8 Å². The van der Waals surface area contributed by atoms with Crippen LogP contribution in [0.1, 0.15) is 91.2 Å². The monoisotopic (exact) mass is 1120 g/mol. The average molecular weight is 1120 g/mol. The lowest BCUT2D eigenvalue weighted by atomic mass is 9.92. The van der Waals surface area contributed by atoms with E-state index in [1.165, 1.54) is 25.0 Å².